The largest absolute Gasteiger partial charge is 0.494 e. The number of halogens is 1. The number of rotatable bonds is 4. The molecule has 1 amide bonds. The molecule has 7 nitrogen and oxygen atoms in total. The molecule has 0 aliphatic carbocycles. The van der Waals surface area contributed by atoms with Gasteiger partial charge in [0.25, 0.3) is 5.89 Å². The molecule has 0 spiro atoms. The molecule has 3 heterocycles. The van der Waals surface area contributed by atoms with Gasteiger partial charge in [0.2, 0.25) is 5.91 Å². The van der Waals surface area contributed by atoms with Crippen LogP contribution in [0.15, 0.2) is 47.2 Å². The van der Waals surface area contributed by atoms with Crippen LogP contribution in [0.25, 0.3) is 11.5 Å². The lowest BCUT2D eigenvalue weighted by molar-refractivity contribution is -0.117. The van der Waals surface area contributed by atoms with Gasteiger partial charge in [-0.15, -0.1) is 0 Å². The van der Waals surface area contributed by atoms with E-state index >= 15 is 0 Å². The van der Waals surface area contributed by atoms with Crippen LogP contribution < -0.4 is 9.64 Å². The van der Waals surface area contributed by atoms with Gasteiger partial charge in [-0.05, 0) is 24.3 Å². The van der Waals surface area contributed by atoms with Crippen molar-refractivity contribution >= 4 is 11.6 Å². The number of nitrogens with zero attached hydrogens (tertiary/aromatic N) is 4. The Bertz CT molecular complexity index is 945. The maximum absolute atomic E-state index is 13.9. The molecule has 1 fully saturated rings. The minimum atomic E-state index is -0.513. The molecule has 26 heavy (non-hydrogen) atoms. The van der Waals surface area contributed by atoms with Gasteiger partial charge in [0.05, 0.1) is 7.11 Å². The lowest BCUT2D eigenvalue weighted by atomic mass is 10.1. The van der Waals surface area contributed by atoms with E-state index in [0.29, 0.717) is 23.9 Å². The topological polar surface area (TPSA) is 81.3 Å². The third kappa shape index (κ3) is 2.90. The number of carbonyl (C=O) groups is 1. The van der Waals surface area contributed by atoms with E-state index in [1.807, 2.05) is 0 Å². The molecule has 1 saturated heterocycles. The molecule has 1 aliphatic heterocycles. The predicted molar refractivity (Wildman–Crippen MR) is 90.2 cm³/mol. The molecule has 8 heteroatoms. The van der Waals surface area contributed by atoms with Gasteiger partial charge in [-0.3, -0.25) is 9.78 Å². The number of amides is 1. The van der Waals surface area contributed by atoms with Crippen molar-refractivity contribution in [2.75, 3.05) is 18.6 Å². The zero-order valence-corrected chi connectivity index (χ0v) is 13.9. The summed E-state index contributed by atoms with van der Waals surface area (Å²) in [6.45, 7) is 0.361. The molecule has 0 bridgehead atoms. The Morgan fingerprint density at radius 2 is 2.08 bits per heavy atom. The van der Waals surface area contributed by atoms with Crippen molar-refractivity contribution in [3.63, 3.8) is 0 Å². The van der Waals surface area contributed by atoms with Crippen molar-refractivity contribution in [3.05, 3.63) is 54.4 Å². The molecule has 0 N–H and O–H groups in total. The van der Waals surface area contributed by atoms with E-state index in [4.69, 9.17) is 9.26 Å². The van der Waals surface area contributed by atoms with Gasteiger partial charge >= 0.3 is 0 Å². The average Bonchev–Trinajstić information content (AvgIpc) is 3.29. The monoisotopic (exact) mass is 354 g/mol. The first-order valence-electron chi connectivity index (χ1n) is 8.03. The number of benzene rings is 1. The standard InChI is InChI=1S/C18H15FN4O3/c1-25-15-3-2-13(9-14(15)19)23-10-12(8-16(23)24)17-21-18(26-22-17)11-4-6-20-7-5-11/h2-7,9,12H,8,10H2,1H3. The predicted octanol–water partition coefficient (Wildman–Crippen LogP) is 2.80. The van der Waals surface area contributed by atoms with E-state index in [2.05, 4.69) is 15.1 Å². The molecule has 4 rings (SSSR count). The minimum Gasteiger partial charge on any atom is -0.494 e. The quantitative estimate of drug-likeness (QED) is 0.717. The van der Waals surface area contributed by atoms with Crippen LogP contribution in [0.4, 0.5) is 10.1 Å². The normalized spacial score (nSPS) is 16.9. The Hall–Kier alpha value is -3.29. The highest BCUT2D eigenvalue weighted by Crippen LogP contribution is 2.33. The zero-order valence-electron chi connectivity index (χ0n) is 13.9. The lowest BCUT2D eigenvalue weighted by Gasteiger charge is -2.16. The molecule has 1 aliphatic rings. The maximum Gasteiger partial charge on any atom is 0.258 e. The summed E-state index contributed by atoms with van der Waals surface area (Å²) >= 11 is 0. The highest BCUT2D eigenvalue weighted by atomic mass is 19.1. The van der Waals surface area contributed by atoms with Gasteiger partial charge in [0.15, 0.2) is 17.4 Å². The second-order valence-electron chi connectivity index (χ2n) is 5.92. The summed E-state index contributed by atoms with van der Waals surface area (Å²) in [4.78, 5) is 22.2. The molecular weight excluding hydrogens is 339 g/mol. The van der Waals surface area contributed by atoms with Crippen molar-refractivity contribution in [3.8, 4) is 17.2 Å². The number of ether oxygens (including phenoxy) is 1. The second kappa shape index (κ2) is 6.55. The zero-order chi connectivity index (χ0) is 18.1. The van der Waals surface area contributed by atoms with E-state index in [1.54, 1.807) is 30.6 Å². The molecule has 1 atom stereocenters. The molecule has 0 saturated carbocycles. The Morgan fingerprint density at radius 3 is 2.81 bits per heavy atom. The summed E-state index contributed by atoms with van der Waals surface area (Å²) < 4.78 is 24.1. The second-order valence-corrected chi connectivity index (χ2v) is 5.92. The van der Waals surface area contributed by atoms with E-state index in [-0.39, 0.29) is 24.0 Å². The summed E-state index contributed by atoms with van der Waals surface area (Å²) in [5.41, 5.74) is 1.24. The first-order valence-corrected chi connectivity index (χ1v) is 8.03. The number of carbonyl (C=O) groups excluding carboxylic acids is 1. The number of hydrogen-bond acceptors (Lipinski definition) is 6. The summed E-state index contributed by atoms with van der Waals surface area (Å²) in [7, 11) is 1.39. The van der Waals surface area contributed by atoms with Crippen molar-refractivity contribution in [1.82, 2.24) is 15.1 Å². The molecule has 1 unspecified atom stereocenters. The third-order valence-corrected chi connectivity index (χ3v) is 4.31. The van der Waals surface area contributed by atoms with Crippen LogP contribution in [-0.4, -0.2) is 34.7 Å². The van der Waals surface area contributed by atoms with Gasteiger partial charge in [0.1, 0.15) is 0 Å². The fourth-order valence-corrected chi connectivity index (χ4v) is 2.97. The van der Waals surface area contributed by atoms with Gasteiger partial charge in [-0.1, -0.05) is 5.16 Å². The summed E-state index contributed by atoms with van der Waals surface area (Å²) in [5.74, 6) is 0.130. The maximum atomic E-state index is 13.9. The number of hydrogen-bond donors (Lipinski definition) is 0. The fraction of sp³-hybridized carbons (Fsp3) is 0.222. The van der Waals surface area contributed by atoms with Crippen LogP contribution in [0.2, 0.25) is 0 Å². The molecule has 2 aromatic heterocycles. The molecule has 1 aromatic carbocycles. The number of aromatic nitrogens is 3. The molecule has 3 aromatic rings. The Labute approximate surface area is 148 Å². The van der Waals surface area contributed by atoms with Crippen LogP contribution in [0.5, 0.6) is 5.75 Å². The first kappa shape index (κ1) is 16.2. The fourth-order valence-electron chi connectivity index (χ4n) is 2.97. The summed E-state index contributed by atoms with van der Waals surface area (Å²) in [6.07, 6.45) is 3.51. The molecule has 0 radical (unpaired) electrons. The van der Waals surface area contributed by atoms with Gasteiger partial charge in [-0.2, -0.15) is 4.98 Å². The number of pyridine rings is 1. The van der Waals surface area contributed by atoms with Gasteiger partial charge < -0.3 is 14.2 Å². The number of methoxy groups -OCH3 is 1. The van der Waals surface area contributed by atoms with E-state index in [1.165, 1.54) is 24.1 Å². The van der Waals surface area contributed by atoms with Crippen LogP contribution >= 0.6 is 0 Å². The third-order valence-electron chi connectivity index (χ3n) is 4.31. The van der Waals surface area contributed by atoms with E-state index < -0.39 is 5.82 Å². The smallest absolute Gasteiger partial charge is 0.258 e. The molecule has 132 valence electrons. The number of anilines is 1. The SMILES string of the molecule is COc1ccc(N2CC(c3noc(-c4ccncc4)n3)CC2=O)cc1F. The summed E-state index contributed by atoms with van der Waals surface area (Å²) in [5, 5.41) is 4.00. The Balaban J connectivity index is 1.55. The van der Waals surface area contributed by atoms with E-state index in [0.717, 1.165) is 5.56 Å². The highest BCUT2D eigenvalue weighted by molar-refractivity contribution is 5.96. The van der Waals surface area contributed by atoms with E-state index in [9.17, 15) is 9.18 Å². The minimum absolute atomic E-state index is 0.116. The Morgan fingerprint density at radius 1 is 1.27 bits per heavy atom. The van der Waals surface area contributed by atoms with Crippen molar-refractivity contribution in [2.45, 2.75) is 12.3 Å². The average molecular weight is 354 g/mol. The summed E-state index contributed by atoms with van der Waals surface area (Å²) in [6, 6.07) is 7.98. The van der Waals surface area contributed by atoms with Crippen molar-refractivity contribution in [1.29, 1.82) is 0 Å². The Kier molecular flexibility index (Phi) is 4.08. The highest BCUT2D eigenvalue weighted by Gasteiger charge is 2.35. The van der Waals surface area contributed by atoms with Gasteiger partial charge in [-0.25, -0.2) is 4.39 Å². The van der Waals surface area contributed by atoms with Crippen LogP contribution in [0.3, 0.4) is 0 Å². The lowest BCUT2D eigenvalue weighted by Crippen LogP contribution is -2.24. The first-order chi connectivity index (χ1) is 12.7. The molecular formula is C18H15FN4O3. The van der Waals surface area contributed by atoms with Crippen LogP contribution in [0.1, 0.15) is 18.2 Å². The van der Waals surface area contributed by atoms with Crippen LogP contribution in [-0.2, 0) is 4.79 Å². The van der Waals surface area contributed by atoms with Crippen molar-refractivity contribution < 1.29 is 18.4 Å². The van der Waals surface area contributed by atoms with Gasteiger partial charge in [0, 0.05) is 48.6 Å². The van der Waals surface area contributed by atoms with Crippen molar-refractivity contribution in [2.24, 2.45) is 0 Å². The van der Waals surface area contributed by atoms with Crippen LogP contribution in [0, 0.1) is 5.82 Å².